The fourth-order valence-corrected chi connectivity index (χ4v) is 3.86. The van der Waals surface area contributed by atoms with Crippen molar-refractivity contribution in [3.8, 4) is 22.6 Å². The van der Waals surface area contributed by atoms with E-state index >= 15 is 0 Å². The lowest BCUT2D eigenvalue weighted by Gasteiger charge is -2.37. The molecule has 0 aliphatic carbocycles. The zero-order valence-electron chi connectivity index (χ0n) is 20.9. The van der Waals surface area contributed by atoms with Gasteiger partial charge in [0, 0.05) is 18.1 Å². The van der Waals surface area contributed by atoms with E-state index in [-0.39, 0.29) is 5.41 Å². The summed E-state index contributed by atoms with van der Waals surface area (Å²) in [6.45, 7) is 6.11. The van der Waals surface area contributed by atoms with Gasteiger partial charge in [-0.25, -0.2) is 4.79 Å². The van der Waals surface area contributed by atoms with Crippen LogP contribution in [0.2, 0.25) is 0 Å². The largest absolute Gasteiger partial charge is 0.494 e. The van der Waals surface area contributed by atoms with Gasteiger partial charge in [0.15, 0.2) is 0 Å². The molecular weight excluding hydrogens is 452 g/mol. The molecule has 0 unspecified atom stereocenters. The fraction of sp³-hybridized carbons (Fsp3) is 0.323. The van der Waals surface area contributed by atoms with Crippen molar-refractivity contribution in [2.24, 2.45) is 5.41 Å². The van der Waals surface area contributed by atoms with Gasteiger partial charge in [-0.05, 0) is 66.3 Å². The summed E-state index contributed by atoms with van der Waals surface area (Å²) in [6, 6.07) is 25.2. The summed E-state index contributed by atoms with van der Waals surface area (Å²) >= 11 is 0. The molecule has 0 saturated carbocycles. The first-order valence-corrected chi connectivity index (χ1v) is 12.5. The molecule has 1 aliphatic heterocycles. The zero-order valence-corrected chi connectivity index (χ0v) is 20.9. The predicted octanol–water partition coefficient (Wildman–Crippen LogP) is 6.57. The number of hydrogen-bond acceptors (Lipinski definition) is 5. The Bertz CT molecular complexity index is 1100. The van der Waals surface area contributed by atoms with Crippen LogP contribution in [0.25, 0.3) is 17.2 Å². The summed E-state index contributed by atoms with van der Waals surface area (Å²) in [4.78, 5) is 12.1. The van der Waals surface area contributed by atoms with Crippen LogP contribution in [-0.2, 0) is 14.3 Å². The van der Waals surface area contributed by atoms with Gasteiger partial charge in [-0.15, -0.1) is 0 Å². The molecule has 188 valence electrons. The molecule has 5 nitrogen and oxygen atoms in total. The molecule has 3 aromatic carbocycles. The van der Waals surface area contributed by atoms with E-state index in [1.54, 1.807) is 18.2 Å². The highest BCUT2D eigenvalue weighted by molar-refractivity contribution is 5.88. The van der Waals surface area contributed by atoms with E-state index in [9.17, 15) is 4.79 Å². The lowest BCUT2D eigenvalue weighted by atomic mass is 9.90. The molecule has 0 aromatic heterocycles. The number of benzene rings is 3. The van der Waals surface area contributed by atoms with Crippen LogP contribution in [0.1, 0.15) is 31.7 Å². The lowest BCUT2D eigenvalue weighted by Crippen LogP contribution is -2.43. The van der Waals surface area contributed by atoms with Crippen molar-refractivity contribution in [1.29, 1.82) is 0 Å². The number of ether oxygens (including phenoxy) is 4. The van der Waals surface area contributed by atoms with Gasteiger partial charge in [-0.3, -0.25) is 0 Å². The number of hydrogen-bond donors (Lipinski definition) is 0. The Hall–Kier alpha value is -3.41. The second kappa shape index (κ2) is 13.1. The molecule has 1 saturated heterocycles. The van der Waals surface area contributed by atoms with E-state index in [1.807, 2.05) is 66.7 Å². The first kappa shape index (κ1) is 25.7. The van der Waals surface area contributed by atoms with E-state index in [2.05, 4.69) is 6.92 Å². The van der Waals surface area contributed by atoms with E-state index < -0.39 is 5.97 Å². The zero-order chi connectivity index (χ0) is 25.1. The number of esters is 1. The fourth-order valence-electron chi connectivity index (χ4n) is 3.86. The first-order chi connectivity index (χ1) is 17.6. The Morgan fingerprint density at radius 2 is 1.47 bits per heavy atom. The Morgan fingerprint density at radius 3 is 2.11 bits per heavy atom. The minimum absolute atomic E-state index is 0.227. The predicted molar refractivity (Wildman–Crippen MR) is 142 cm³/mol. The van der Waals surface area contributed by atoms with Gasteiger partial charge in [-0.1, -0.05) is 61.5 Å². The topological polar surface area (TPSA) is 54.0 Å². The minimum Gasteiger partial charge on any atom is -0.494 e. The van der Waals surface area contributed by atoms with E-state index in [4.69, 9.17) is 18.9 Å². The summed E-state index contributed by atoms with van der Waals surface area (Å²) in [7, 11) is 0. The molecule has 36 heavy (non-hydrogen) atoms. The van der Waals surface area contributed by atoms with Gasteiger partial charge in [0.2, 0.25) is 0 Å². The molecule has 5 heteroatoms. The average Bonchev–Trinajstić information content (AvgIpc) is 2.89. The van der Waals surface area contributed by atoms with Gasteiger partial charge >= 0.3 is 5.97 Å². The van der Waals surface area contributed by atoms with E-state index in [0.717, 1.165) is 68.1 Å². The van der Waals surface area contributed by atoms with Gasteiger partial charge in [0.25, 0.3) is 0 Å². The maximum absolute atomic E-state index is 12.1. The molecule has 4 rings (SSSR count). The second-order valence-electron chi connectivity index (χ2n) is 9.48. The normalized spacial score (nSPS) is 14.4. The molecule has 0 amide bonds. The van der Waals surface area contributed by atoms with Gasteiger partial charge < -0.3 is 18.9 Å². The highest BCUT2D eigenvalue weighted by atomic mass is 16.5. The third-order valence-corrected chi connectivity index (χ3v) is 6.03. The molecule has 0 bridgehead atoms. The molecule has 0 atom stereocenters. The maximum Gasteiger partial charge on any atom is 0.336 e. The molecule has 1 fully saturated rings. The standard InChI is InChI=1S/C31H34O5/c1-31(23-34-24-31)22-33-20-6-3-7-21-35-28-15-11-26(12-16-28)27-13-17-29(18-14-27)36-30(32)19-10-25-8-4-2-5-9-25/h2,4-5,8-19H,3,6-7,20-24H2,1H3/b19-10+. The molecule has 3 aromatic rings. The van der Waals surface area contributed by atoms with Crippen LogP contribution < -0.4 is 9.47 Å². The summed E-state index contributed by atoms with van der Waals surface area (Å²) in [5.41, 5.74) is 3.30. The smallest absolute Gasteiger partial charge is 0.336 e. The molecular formula is C31H34O5. The summed E-state index contributed by atoms with van der Waals surface area (Å²) < 4.78 is 22.3. The molecule has 1 heterocycles. The van der Waals surface area contributed by atoms with Crippen molar-refractivity contribution >= 4 is 12.0 Å². The number of unbranched alkanes of at least 4 members (excludes halogenated alkanes) is 2. The molecule has 0 radical (unpaired) electrons. The van der Waals surface area contributed by atoms with Crippen LogP contribution in [0.5, 0.6) is 11.5 Å². The average molecular weight is 487 g/mol. The highest BCUT2D eigenvalue weighted by Crippen LogP contribution is 2.27. The third-order valence-electron chi connectivity index (χ3n) is 6.03. The van der Waals surface area contributed by atoms with E-state index in [1.165, 1.54) is 6.08 Å². The number of carbonyl (C=O) groups excluding carboxylic acids is 1. The van der Waals surface area contributed by atoms with Crippen molar-refractivity contribution in [3.05, 3.63) is 90.5 Å². The lowest BCUT2D eigenvalue weighted by molar-refractivity contribution is -0.137. The third kappa shape index (κ3) is 8.08. The minimum atomic E-state index is -0.404. The SMILES string of the molecule is CC1(COCCCCCOc2ccc(-c3ccc(OC(=O)/C=C/c4ccccc4)cc3)cc2)COC1. The quantitative estimate of drug-likeness (QED) is 0.118. The Morgan fingerprint density at radius 1 is 0.833 bits per heavy atom. The van der Waals surface area contributed by atoms with Crippen LogP contribution >= 0.6 is 0 Å². The van der Waals surface area contributed by atoms with Crippen molar-refractivity contribution in [2.45, 2.75) is 26.2 Å². The Balaban J connectivity index is 1.14. The summed E-state index contributed by atoms with van der Waals surface area (Å²) in [5.74, 6) is 0.973. The van der Waals surface area contributed by atoms with Crippen molar-refractivity contribution in [3.63, 3.8) is 0 Å². The van der Waals surface area contributed by atoms with Crippen LogP contribution in [0, 0.1) is 5.41 Å². The maximum atomic E-state index is 12.1. The summed E-state index contributed by atoms with van der Waals surface area (Å²) in [6.07, 6.45) is 6.31. The highest BCUT2D eigenvalue weighted by Gasteiger charge is 2.33. The Labute approximate surface area is 213 Å². The second-order valence-corrected chi connectivity index (χ2v) is 9.48. The number of carbonyl (C=O) groups is 1. The van der Waals surface area contributed by atoms with Gasteiger partial charge in [0.05, 0.1) is 26.4 Å². The van der Waals surface area contributed by atoms with Crippen LogP contribution in [0.4, 0.5) is 0 Å². The van der Waals surface area contributed by atoms with Crippen LogP contribution in [-0.4, -0.2) is 39.0 Å². The molecule has 1 aliphatic rings. The van der Waals surface area contributed by atoms with Gasteiger partial charge in [-0.2, -0.15) is 0 Å². The molecule has 0 spiro atoms. The van der Waals surface area contributed by atoms with Crippen molar-refractivity contribution in [2.75, 3.05) is 33.0 Å². The number of rotatable bonds is 13. The van der Waals surface area contributed by atoms with Gasteiger partial charge in [0.1, 0.15) is 11.5 Å². The monoisotopic (exact) mass is 486 g/mol. The summed E-state index contributed by atoms with van der Waals surface area (Å²) in [5, 5.41) is 0. The van der Waals surface area contributed by atoms with Crippen molar-refractivity contribution < 1.29 is 23.7 Å². The molecule has 0 N–H and O–H groups in total. The Kier molecular flexibility index (Phi) is 9.31. The van der Waals surface area contributed by atoms with Crippen LogP contribution in [0.15, 0.2) is 84.9 Å². The van der Waals surface area contributed by atoms with Crippen LogP contribution in [0.3, 0.4) is 0 Å². The van der Waals surface area contributed by atoms with E-state index in [0.29, 0.717) is 12.4 Å². The van der Waals surface area contributed by atoms with Crippen molar-refractivity contribution in [1.82, 2.24) is 0 Å². The first-order valence-electron chi connectivity index (χ1n) is 12.5.